The van der Waals surface area contributed by atoms with Gasteiger partial charge in [0.1, 0.15) is 5.82 Å². The number of hydrogen-bond donors (Lipinski definition) is 2. The molecular formula is C16H19FN2O. The zero-order valence-corrected chi connectivity index (χ0v) is 11.7. The number of likely N-dealkylation sites (N-methyl/N-ethyl adjacent to an activating group) is 1. The molecule has 1 aliphatic heterocycles. The molecule has 0 spiro atoms. The minimum atomic E-state index is -0.219. The van der Waals surface area contributed by atoms with Gasteiger partial charge in [0.15, 0.2) is 0 Å². The van der Waals surface area contributed by atoms with Gasteiger partial charge in [0, 0.05) is 23.7 Å². The van der Waals surface area contributed by atoms with Gasteiger partial charge in [-0.1, -0.05) is 13.0 Å². The van der Waals surface area contributed by atoms with Crippen molar-refractivity contribution < 1.29 is 9.50 Å². The monoisotopic (exact) mass is 274 g/mol. The first-order valence-corrected chi connectivity index (χ1v) is 6.90. The fourth-order valence-electron chi connectivity index (χ4n) is 3.16. The Morgan fingerprint density at radius 2 is 2.20 bits per heavy atom. The summed E-state index contributed by atoms with van der Waals surface area (Å²) in [6.45, 7) is 3.14. The molecule has 1 aromatic heterocycles. The van der Waals surface area contributed by atoms with Crippen molar-refractivity contribution >= 4 is 16.5 Å². The Bertz CT molecular complexity index is 662. The average Bonchev–Trinajstić information content (AvgIpc) is 2.88. The summed E-state index contributed by atoms with van der Waals surface area (Å²) in [5.41, 5.74) is 2.85. The zero-order chi connectivity index (χ0) is 14.3. The summed E-state index contributed by atoms with van der Waals surface area (Å²) in [7, 11) is 2.01. The third-order valence-electron chi connectivity index (χ3n) is 4.09. The number of aromatic amines is 1. The van der Waals surface area contributed by atoms with E-state index in [1.165, 1.54) is 6.07 Å². The van der Waals surface area contributed by atoms with Gasteiger partial charge in [-0.05, 0) is 36.7 Å². The van der Waals surface area contributed by atoms with E-state index in [9.17, 15) is 9.50 Å². The summed E-state index contributed by atoms with van der Waals surface area (Å²) in [6.07, 6.45) is 3.94. The standard InChI is InChI=1S/C16H19FN2O/c1-10-7-13(15(9-20)19(2)8-10)11-3-4-14(17)12-5-6-18-16(11)12/h3-7,10,15,18,20H,8-9H2,1-2H3/t10-,15-/m1/s1. The van der Waals surface area contributed by atoms with Crippen LogP contribution in [0.1, 0.15) is 12.5 Å². The minimum Gasteiger partial charge on any atom is -0.394 e. The Hall–Kier alpha value is -1.65. The third kappa shape index (κ3) is 2.05. The van der Waals surface area contributed by atoms with Crippen LogP contribution < -0.4 is 0 Å². The minimum absolute atomic E-state index is 0.0387. The molecule has 2 atom stereocenters. The Morgan fingerprint density at radius 1 is 1.40 bits per heavy atom. The summed E-state index contributed by atoms with van der Waals surface area (Å²) in [4.78, 5) is 5.27. The summed E-state index contributed by atoms with van der Waals surface area (Å²) in [5, 5.41) is 10.3. The van der Waals surface area contributed by atoms with E-state index in [1.807, 2.05) is 7.05 Å². The van der Waals surface area contributed by atoms with Crippen molar-refractivity contribution in [3.05, 3.63) is 41.9 Å². The molecule has 0 aliphatic carbocycles. The molecule has 0 fully saturated rings. The number of halogens is 1. The van der Waals surface area contributed by atoms with E-state index < -0.39 is 0 Å². The number of aliphatic hydroxyl groups excluding tert-OH is 1. The number of rotatable bonds is 2. The molecule has 2 heterocycles. The van der Waals surface area contributed by atoms with Crippen LogP contribution in [0.15, 0.2) is 30.5 Å². The van der Waals surface area contributed by atoms with Crippen molar-refractivity contribution in [2.24, 2.45) is 5.92 Å². The number of benzene rings is 1. The number of fused-ring (bicyclic) bond motifs is 1. The maximum atomic E-state index is 13.8. The largest absolute Gasteiger partial charge is 0.394 e. The SMILES string of the molecule is C[C@@H]1C=C(c2ccc(F)c3cc[nH]c23)[C@@H](CO)N(C)C1. The van der Waals surface area contributed by atoms with E-state index in [-0.39, 0.29) is 18.5 Å². The van der Waals surface area contributed by atoms with Gasteiger partial charge >= 0.3 is 0 Å². The van der Waals surface area contributed by atoms with Crippen LogP contribution in [-0.2, 0) is 0 Å². The third-order valence-corrected chi connectivity index (χ3v) is 4.09. The van der Waals surface area contributed by atoms with Crippen molar-refractivity contribution in [3.63, 3.8) is 0 Å². The second kappa shape index (κ2) is 5.04. The van der Waals surface area contributed by atoms with Crippen LogP contribution in [0.5, 0.6) is 0 Å². The molecule has 0 radical (unpaired) electrons. The van der Waals surface area contributed by atoms with Crippen LogP contribution in [-0.4, -0.2) is 41.2 Å². The van der Waals surface area contributed by atoms with E-state index in [2.05, 4.69) is 22.9 Å². The topological polar surface area (TPSA) is 39.3 Å². The first-order chi connectivity index (χ1) is 9.61. The lowest BCUT2D eigenvalue weighted by molar-refractivity contribution is 0.167. The van der Waals surface area contributed by atoms with Crippen LogP contribution in [0, 0.1) is 11.7 Å². The predicted molar refractivity (Wildman–Crippen MR) is 78.9 cm³/mol. The van der Waals surface area contributed by atoms with Crippen molar-refractivity contribution in [3.8, 4) is 0 Å². The first-order valence-electron chi connectivity index (χ1n) is 6.90. The summed E-state index contributed by atoms with van der Waals surface area (Å²) < 4.78 is 13.8. The molecule has 3 rings (SSSR count). The highest BCUT2D eigenvalue weighted by Crippen LogP contribution is 2.33. The fourth-order valence-corrected chi connectivity index (χ4v) is 3.16. The molecule has 2 N–H and O–H groups in total. The van der Waals surface area contributed by atoms with Gasteiger partial charge in [-0.2, -0.15) is 0 Å². The lowest BCUT2D eigenvalue weighted by Crippen LogP contribution is -2.41. The molecular weight excluding hydrogens is 255 g/mol. The van der Waals surface area contributed by atoms with E-state index >= 15 is 0 Å². The van der Waals surface area contributed by atoms with E-state index in [0.717, 1.165) is 23.2 Å². The van der Waals surface area contributed by atoms with E-state index in [1.54, 1.807) is 18.3 Å². The number of nitrogens with one attached hydrogen (secondary N) is 1. The van der Waals surface area contributed by atoms with Gasteiger partial charge in [-0.25, -0.2) is 4.39 Å². The van der Waals surface area contributed by atoms with Gasteiger partial charge < -0.3 is 10.1 Å². The highest BCUT2D eigenvalue weighted by atomic mass is 19.1. The molecule has 106 valence electrons. The molecule has 0 saturated heterocycles. The first kappa shape index (κ1) is 13.3. The lowest BCUT2D eigenvalue weighted by Gasteiger charge is -2.35. The molecule has 3 nitrogen and oxygen atoms in total. The molecule has 1 aliphatic rings. The summed E-state index contributed by atoms with van der Waals surface area (Å²) in [6, 6.07) is 5.01. The Labute approximate surface area is 117 Å². The molecule has 0 bridgehead atoms. The highest BCUT2D eigenvalue weighted by molar-refractivity contribution is 5.93. The average molecular weight is 274 g/mol. The number of hydrogen-bond acceptors (Lipinski definition) is 2. The number of nitrogens with zero attached hydrogens (tertiary/aromatic N) is 1. The Morgan fingerprint density at radius 3 is 2.95 bits per heavy atom. The van der Waals surface area contributed by atoms with Crippen molar-refractivity contribution in [2.75, 3.05) is 20.2 Å². The van der Waals surface area contributed by atoms with Crippen molar-refractivity contribution in [2.45, 2.75) is 13.0 Å². The predicted octanol–water partition coefficient (Wildman–Crippen LogP) is 2.63. The number of aromatic nitrogens is 1. The molecule has 0 unspecified atom stereocenters. The second-order valence-corrected chi connectivity index (χ2v) is 5.60. The molecule has 2 aromatic rings. The van der Waals surface area contributed by atoms with E-state index in [0.29, 0.717) is 11.3 Å². The zero-order valence-electron chi connectivity index (χ0n) is 11.7. The normalized spacial score (nSPS) is 24.1. The van der Waals surface area contributed by atoms with Gasteiger partial charge in [0.05, 0.1) is 18.2 Å². The smallest absolute Gasteiger partial charge is 0.132 e. The second-order valence-electron chi connectivity index (χ2n) is 5.60. The van der Waals surface area contributed by atoms with Crippen LogP contribution in [0.3, 0.4) is 0 Å². The summed E-state index contributed by atoms with van der Waals surface area (Å²) in [5.74, 6) is 0.191. The molecule has 20 heavy (non-hydrogen) atoms. The van der Waals surface area contributed by atoms with Crippen molar-refractivity contribution in [1.29, 1.82) is 0 Å². The maximum absolute atomic E-state index is 13.8. The van der Waals surface area contributed by atoms with Crippen LogP contribution in [0.2, 0.25) is 0 Å². The molecule has 1 aromatic carbocycles. The van der Waals surface area contributed by atoms with Crippen LogP contribution in [0.4, 0.5) is 4.39 Å². The molecule has 0 amide bonds. The Balaban J connectivity index is 2.18. The number of H-pyrrole nitrogens is 1. The number of aliphatic hydroxyl groups is 1. The molecule has 0 saturated carbocycles. The van der Waals surface area contributed by atoms with Gasteiger partial charge in [0.25, 0.3) is 0 Å². The highest BCUT2D eigenvalue weighted by Gasteiger charge is 2.27. The summed E-state index contributed by atoms with van der Waals surface area (Å²) >= 11 is 0. The Kier molecular flexibility index (Phi) is 3.36. The fraction of sp³-hybridized carbons (Fsp3) is 0.375. The maximum Gasteiger partial charge on any atom is 0.132 e. The van der Waals surface area contributed by atoms with E-state index in [4.69, 9.17) is 0 Å². The quantitative estimate of drug-likeness (QED) is 0.883. The van der Waals surface area contributed by atoms with Gasteiger partial charge in [-0.15, -0.1) is 0 Å². The lowest BCUT2D eigenvalue weighted by atomic mass is 9.89. The van der Waals surface area contributed by atoms with Gasteiger partial charge in [0.2, 0.25) is 0 Å². The van der Waals surface area contributed by atoms with Crippen LogP contribution >= 0.6 is 0 Å². The van der Waals surface area contributed by atoms with Crippen LogP contribution in [0.25, 0.3) is 16.5 Å². The van der Waals surface area contributed by atoms with Gasteiger partial charge in [-0.3, -0.25) is 4.90 Å². The molecule has 4 heteroatoms. The van der Waals surface area contributed by atoms with Crippen molar-refractivity contribution in [1.82, 2.24) is 9.88 Å².